The molecule has 1 saturated carbocycles. The summed E-state index contributed by atoms with van der Waals surface area (Å²) in [5.74, 6) is -1.17. The van der Waals surface area contributed by atoms with Crippen molar-refractivity contribution in [3.8, 4) is 5.75 Å². The number of Topliss-reactive ketones (excluding diaryl/α,β-unsaturated/α-hetero) is 1. The second-order valence-electron chi connectivity index (χ2n) is 7.65. The van der Waals surface area contributed by atoms with Crippen LogP contribution in [0, 0.1) is 11.8 Å². The number of anilines is 1. The van der Waals surface area contributed by atoms with Crippen LogP contribution in [0.2, 0.25) is 0 Å². The number of aromatic nitrogens is 1. The van der Waals surface area contributed by atoms with Crippen LogP contribution in [0.5, 0.6) is 5.75 Å². The molecule has 0 bridgehead atoms. The van der Waals surface area contributed by atoms with Gasteiger partial charge in [0.15, 0.2) is 11.5 Å². The third kappa shape index (κ3) is 4.45. The maximum Gasteiger partial charge on any atom is 0.309 e. The van der Waals surface area contributed by atoms with Gasteiger partial charge < -0.3 is 14.8 Å². The third-order valence-electron chi connectivity index (χ3n) is 5.56. The first-order valence-corrected chi connectivity index (χ1v) is 10.0. The first kappa shape index (κ1) is 21.7. The SMILES string of the molecule is CCOC(=O)C1CC1C(=O)c1ncc(N[C@@H](C)C(C)(F)c2ccccc2)cc1OC. The van der Waals surface area contributed by atoms with Gasteiger partial charge in [0.2, 0.25) is 0 Å². The van der Waals surface area contributed by atoms with Gasteiger partial charge in [-0.05, 0) is 32.8 Å². The molecule has 2 aromatic rings. The Labute approximate surface area is 175 Å². The Kier molecular flexibility index (Phi) is 6.39. The van der Waals surface area contributed by atoms with Crippen LogP contribution in [0.25, 0.3) is 0 Å². The third-order valence-corrected chi connectivity index (χ3v) is 5.56. The summed E-state index contributed by atoms with van der Waals surface area (Å²) in [5, 5.41) is 3.11. The lowest BCUT2D eigenvalue weighted by Gasteiger charge is -2.29. The number of halogens is 1. The number of pyridine rings is 1. The zero-order valence-corrected chi connectivity index (χ0v) is 17.6. The van der Waals surface area contributed by atoms with Crippen molar-refractivity contribution in [2.45, 2.75) is 38.9 Å². The molecular weight excluding hydrogens is 387 g/mol. The zero-order valence-electron chi connectivity index (χ0n) is 17.6. The number of carbonyl (C=O) groups excluding carboxylic acids is 2. The van der Waals surface area contributed by atoms with Crippen molar-refractivity contribution in [2.24, 2.45) is 11.8 Å². The number of carbonyl (C=O) groups is 2. The van der Waals surface area contributed by atoms with Crippen molar-refractivity contribution >= 4 is 17.4 Å². The highest BCUT2D eigenvalue weighted by atomic mass is 19.1. The van der Waals surface area contributed by atoms with Gasteiger partial charge in [-0.1, -0.05) is 30.3 Å². The fourth-order valence-electron chi connectivity index (χ4n) is 3.43. The average Bonchev–Trinajstić information content (AvgIpc) is 3.55. The van der Waals surface area contributed by atoms with E-state index in [1.54, 1.807) is 44.2 Å². The molecule has 0 amide bonds. The van der Waals surface area contributed by atoms with E-state index in [-0.39, 0.29) is 29.8 Å². The Morgan fingerprint density at radius 3 is 2.63 bits per heavy atom. The molecule has 160 valence electrons. The second kappa shape index (κ2) is 8.81. The van der Waals surface area contributed by atoms with Gasteiger partial charge in [0.05, 0.1) is 37.6 Å². The summed E-state index contributed by atoms with van der Waals surface area (Å²) in [7, 11) is 1.44. The van der Waals surface area contributed by atoms with Crippen LogP contribution in [-0.2, 0) is 15.2 Å². The number of hydrogen-bond donors (Lipinski definition) is 1. The number of benzene rings is 1. The second-order valence-corrected chi connectivity index (χ2v) is 7.65. The van der Waals surface area contributed by atoms with Crippen molar-refractivity contribution in [2.75, 3.05) is 19.0 Å². The number of rotatable bonds is 9. The van der Waals surface area contributed by atoms with Gasteiger partial charge in [0.1, 0.15) is 11.4 Å². The van der Waals surface area contributed by atoms with E-state index in [9.17, 15) is 9.59 Å². The van der Waals surface area contributed by atoms with Gasteiger partial charge >= 0.3 is 5.97 Å². The topological polar surface area (TPSA) is 77.5 Å². The number of methoxy groups -OCH3 is 1. The number of nitrogens with zero attached hydrogens (tertiary/aromatic N) is 1. The molecule has 0 aliphatic heterocycles. The number of ether oxygens (including phenoxy) is 2. The highest BCUT2D eigenvalue weighted by Gasteiger charge is 2.50. The van der Waals surface area contributed by atoms with E-state index < -0.39 is 23.5 Å². The number of ketones is 1. The minimum Gasteiger partial charge on any atom is -0.494 e. The molecular formula is C23H27FN2O4. The molecule has 7 heteroatoms. The van der Waals surface area contributed by atoms with Crippen LogP contribution in [-0.4, -0.2) is 36.5 Å². The Bertz CT molecular complexity index is 917. The van der Waals surface area contributed by atoms with Gasteiger partial charge in [-0.15, -0.1) is 0 Å². The summed E-state index contributed by atoms with van der Waals surface area (Å²) in [6.07, 6.45) is 1.94. The molecule has 0 saturated heterocycles. The molecule has 30 heavy (non-hydrogen) atoms. The molecule has 1 aromatic carbocycles. The molecule has 1 aromatic heterocycles. The normalized spacial score (nSPS) is 20.6. The summed E-state index contributed by atoms with van der Waals surface area (Å²) in [4.78, 5) is 28.8. The van der Waals surface area contributed by atoms with Crippen LogP contribution in [0.1, 0.15) is 43.2 Å². The molecule has 1 fully saturated rings. The Hall–Kier alpha value is -2.96. The fraction of sp³-hybridized carbons (Fsp3) is 0.435. The monoisotopic (exact) mass is 414 g/mol. The van der Waals surface area contributed by atoms with Crippen molar-refractivity contribution in [3.63, 3.8) is 0 Å². The van der Waals surface area contributed by atoms with Crippen LogP contribution < -0.4 is 10.1 Å². The number of hydrogen-bond acceptors (Lipinski definition) is 6. The van der Waals surface area contributed by atoms with Gasteiger partial charge in [-0.2, -0.15) is 0 Å². The summed E-state index contributed by atoms with van der Waals surface area (Å²) in [6, 6.07) is 9.99. The largest absolute Gasteiger partial charge is 0.494 e. The molecule has 4 atom stereocenters. The highest BCUT2D eigenvalue weighted by Crippen LogP contribution is 2.43. The van der Waals surface area contributed by atoms with Crippen LogP contribution in [0.4, 0.5) is 10.1 Å². The first-order chi connectivity index (χ1) is 14.3. The highest BCUT2D eigenvalue weighted by molar-refractivity contribution is 6.03. The number of nitrogens with one attached hydrogen (secondary N) is 1. The number of esters is 1. The summed E-state index contributed by atoms with van der Waals surface area (Å²) in [6.45, 7) is 5.28. The van der Waals surface area contributed by atoms with Crippen molar-refractivity contribution in [1.82, 2.24) is 4.98 Å². The Morgan fingerprint density at radius 2 is 2.00 bits per heavy atom. The van der Waals surface area contributed by atoms with Gasteiger partial charge in [0.25, 0.3) is 0 Å². The van der Waals surface area contributed by atoms with E-state index >= 15 is 4.39 Å². The van der Waals surface area contributed by atoms with E-state index in [4.69, 9.17) is 9.47 Å². The molecule has 0 spiro atoms. The van der Waals surface area contributed by atoms with E-state index in [1.165, 1.54) is 20.2 Å². The van der Waals surface area contributed by atoms with Crippen molar-refractivity contribution in [3.05, 3.63) is 53.9 Å². The lowest BCUT2D eigenvalue weighted by molar-refractivity contribution is -0.144. The van der Waals surface area contributed by atoms with Gasteiger partial charge in [-0.3, -0.25) is 9.59 Å². The molecule has 1 aliphatic carbocycles. The predicted molar refractivity (Wildman–Crippen MR) is 111 cm³/mol. The van der Waals surface area contributed by atoms with E-state index in [0.29, 0.717) is 17.7 Å². The smallest absolute Gasteiger partial charge is 0.309 e. The lowest BCUT2D eigenvalue weighted by Crippen LogP contribution is -2.36. The average molecular weight is 414 g/mol. The molecule has 3 rings (SSSR count). The predicted octanol–water partition coefficient (Wildman–Crippen LogP) is 4.16. The minimum absolute atomic E-state index is 0.165. The Morgan fingerprint density at radius 1 is 1.30 bits per heavy atom. The quantitative estimate of drug-likeness (QED) is 0.490. The standard InChI is InChI=1S/C23H27FN2O4/c1-5-30-22(28)18-12-17(18)21(27)20-19(29-4)11-16(13-25-20)26-14(2)23(3,24)15-9-7-6-8-10-15/h6-11,13-14,17-18,26H,5,12H2,1-4H3/t14-,17?,18?,23?/m0/s1. The fourth-order valence-corrected chi connectivity index (χ4v) is 3.43. The van der Waals surface area contributed by atoms with Crippen LogP contribution in [0.3, 0.4) is 0 Å². The summed E-state index contributed by atoms with van der Waals surface area (Å²) in [5.41, 5.74) is -0.355. The van der Waals surface area contributed by atoms with Gasteiger partial charge in [0, 0.05) is 12.0 Å². The van der Waals surface area contributed by atoms with Crippen LogP contribution >= 0.6 is 0 Å². The van der Waals surface area contributed by atoms with Crippen molar-refractivity contribution in [1.29, 1.82) is 0 Å². The van der Waals surface area contributed by atoms with E-state index in [1.807, 2.05) is 6.07 Å². The molecule has 0 radical (unpaired) electrons. The van der Waals surface area contributed by atoms with Crippen LogP contribution in [0.15, 0.2) is 42.6 Å². The maximum atomic E-state index is 15.4. The molecule has 3 unspecified atom stereocenters. The zero-order chi connectivity index (χ0) is 21.9. The Balaban J connectivity index is 1.73. The molecule has 6 nitrogen and oxygen atoms in total. The lowest BCUT2D eigenvalue weighted by atomic mass is 9.91. The molecule has 1 aliphatic rings. The molecule has 1 N–H and O–H groups in total. The molecule has 1 heterocycles. The first-order valence-electron chi connectivity index (χ1n) is 10.0. The van der Waals surface area contributed by atoms with E-state index in [2.05, 4.69) is 10.3 Å². The van der Waals surface area contributed by atoms with Gasteiger partial charge in [-0.25, -0.2) is 9.37 Å². The summed E-state index contributed by atoms with van der Waals surface area (Å²) >= 11 is 0. The summed E-state index contributed by atoms with van der Waals surface area (Å²) < 4.78 is 25.7. The van der Waals surface area contributed by atoms with E-state index in [0.717, 1.165) is 0 Å². The minimum atomic E-state index is -1.62. The maximum absolute atomic E-state index is 15.4. The van der Waals surface area contributed by atoms with Crippen molar-refractivity contribution < 1.29 is 23.5 Å². The number of alkyl halides is 1.